The lowest BCUT2D eigenvalue weighted by Crippen LogP contribution is -2.49. The third-order valence-corrected chi connectivity index (χ3v) is 5.66. The molecule has 2 heterocycles. The van der Waals surface area contributed by atoms with E-state index in [9.17, 15) is 14.0 Å². The highest BCUT2D eigenvalue weighted by Gasteiger charge is 2.28. The molecular formula is C23H21ClFN3O4. The average molecular weight is 458 g/mol. The third-order valence-electron chi connectivity index (χ3n) is 5.35. The number of ether oxygens (including phenoxy) is 1. The van der Waals surface area contributed by atoms with Crippen LogP contribution in [0.2, 0.25) is 5.02 Å². The van der Waals surface area contributed by atoms with Crippen LogP contribution in [0.1, 0.15) is 16.1 Å². The zero-order valence-electron chi connectivity index (χ0n) is 17.4. The summed E-state index contributed by atoms with van der Waals surface area (Å²) in [5.74, 6) is -1.62. The fraction of sp³-hybridized carbons (Fsp3) is 0.261. The molecule has 9 heteroatoms. The van der Waals surface area contributed by atoms with Crippen LogP contribution in [0, 0.1) is 12.7 Å². The number of rotatable bonds is 5. The van der Waals surface area contributed by atoms with Gasteiger partial charge in [-0.05, 0) is 31.2 Å². The molecule has 0 saturated carbocycles. The van der Waals surface area contributed by atoms with Crippen molar-refractivity contribution >= 4 is 29.2 Å². The first kappa shape index (κ1) is 21.8. The van der Waals surface area contributed by atoms with Gasteiger partial charge in [-0.2, -0.15) is 0 Å². The summed E-state index contributed by atoms with van der Waals surface area (Å²) in [6, 6.07) is 14.1. The van der Waals surface area contributed by atoms with Gasteiger partial charge in [-0.25, -0.2) is 9.18 Å². The molecule has 3 aromatic rings. The number of carbonyl (C=O) groups excluding carboxylic acids is 2. The summed E-state index contributed by atoms with van der Waals surface area (Å²) < 4.78 is 24.6. The van der Waals surface area contributed by atoms with Gasteiger partial charge in [0.1, 0.15) is 22.8 Å². The van der Waals surface area contributed by atoms with Crippen molar-refractivity contribution in [3.05, 3.63) is 70.7 Å². The van der Waals surface area contributed by atoms with Crippen molar-refractivity contribution in [1.29, 1.82) is 0 Å². The van der Waals surface area contributed by atoms with Gasteiger partial charge in [-0.15, -0.1) is 0 Å². The van der Waals surface area contributed by atoms with Crippen LogP contribution in [-0.2, 0) is 9.53 Å². The summed E-state index contributed by atoms with van der Waals surface area (Å²) in [4.78, 5) is 29.1. The molecule has 7 nitrogen and oxygen atoms in total. The van der Waals surface area contributed by atoms with Gasteiger partial charge in [0.25, 0.3) is 5.91 Å². The first-order valence-electron chi connectivity index (χ1n) is 10.1. The summed E-state index contributed by atoms with van der Waals surface area (Å²) in [7, 11) is 0. The van der Waals surface area contributed by atoms with E-state index in [4.69, 9.17) is 20.9 Å². The van der Waals surface area contributed by atoms with Gasteiger partial charge in [-0.1, -0.05) is 41.0 Å². The van der Waals surface area contributed by atoms with Crippen LogP contribution in [0.4, 0.5) is 10.1 Å². The van der Waals surface area contributed by atoms with E-state index in [2.05, 4.69) is 10.1 Å². The summed E-state index contributed by atoms with van der Waals surface area (Å²) in [5.41, 5.74) is 0.938. The smallest absolute Gasteiger partial charge is 0.344 e. The highest BCUT2D eigenvalue weighted by atomic mass is 35.5. The summed E-state index contributed by atoms with van der Waals surface area (Å²) in [6.45, 7) is 3.49. The van der Waals surface area contributed by atoms with E-state index in [1.807, 2.05) is 30.3 Å². The first-order chi connectivity index (χ1) is 15.5. The number of hydrogen-bond donors (Lipinski definition) is 0. The molecule has 1 aliphatic heterocycles. The van der Waals surface area contributed by atoms with Crippen molar-refractivity contribution in [2.24, 2.45) is 0 Å². The number of nitrogens with zero attached hydrogens (tertiary/aromatic N) is 3. The van der Waals surface area contributed by atoms with Crippen LogP contribution >= 0.6 is 11.6 Å². The van der Waals surface area contributed by atoms with Crippen molar-refractivity contribution in [3.8, 4) is 11.3 Å². The van der Waals surface area contributed by atoms with E-state index in [1.54, 1.807) is 4.90 Å². The monoisotopic (exact) mass is 457 g/mol. The molecule has 1 aromatic heterocycles. The van der Waals surface area contributed by atoms with E-state index >= 15 is 0 Å². The number of aromatic nitrogens is 1. The largest absolute Gasteiger partial charge is 0.452 e. The Balaban J connectivity index is 1.39. The van der Waals surface area contributed by atoms with Gasteiger partial charge < -0.3 is 19.1 Å². The molecule has 1 saturated heterocycles. The number of para-hydroxylation sites is 1. The van der Waals surface area contributed by atoms with E-state index in [0.717, 1.165) is 5.69 Å². The molecular weight excluding hydrogens is 437 g/mol. The molecule has 0 radical (unpaired) electrons. The Morgan fingerprint density at radius 3 is 2.50 bits per heavy atom. The van der Waals surface area contributed by atoms with Crippen LogP contribution in [0.5, 0.6) is 0 Å². The standard InChI is InChI=1S/C23H21ClFN3O4/c1-15-20(22(26-32-15)21-17(24)8-5-9-18(21)25)23(30)31-14-19(29)28-12-10-27(11-13-28)16-6-3-2-4-7-16/h2-9H,10-14H2,1H3. The van der Waals surface area contributed by atoms with E-state index in [-0.39, 0.29) is 33.5 Å². The van der Waals surface area contributed by atoms with E-state index < -0.39 is 18.4 Å². The number of benzene rings is 2. The van der Waals surface area contributed by atoms with E-state index in [1.165, 1.54) is 25.1 Å². The zero-order valence-corrected chi connectivity index (χ0v) is 18.1. The third kappa shape index (κ3) is 4.45. The Bertz CT molecular complexity index is 1110. The zero-order chi connectivity index (χ0) is 22.7. The molecule has 2 aromatic carbocycles. The van der Waals surface area contributed by atoms with Gasteiger partial charge in [0, 0.05) is 31.9 Å². The Morgan fingerprint density at radius 1 is 1.09 bits per heavy atom. The SMILES string of the molecule is Cc1onc(-c2c(F)cccc2Cl)c1C(=O)OCC(=O)N1CCN(c2ccccc2)CC1. The van der Waals surface area contributed by atoms with Gasteiger partial charge >= 0.3 is 5.97 Å². The van der Waals surface area contributed by atoms with Crippen molar-refractivity contribution in [1.82, 2.24) is 10.1 Å². The second kappa shape index (κ2) is 9.40. The number of esters is 1. The lowest BCUT2D eigenvalue weighted by molar-refractivity contribution is -0.134. The Kier molecular flexibility index (Phi) is 6.41. The maximum absolute atomic E-state index is 14.3. The molecule has 0 bridgehead atoms. The molecule has 1 aliphatic rings. The molecule has 0 N–H and O–H groups in total. The van der Waals surface area contributed by atoms with Crippen molar-refractivity contribution in [2.45, 2.75) is 6.92 Å². The molecule has 0 unspecified atom stereocenters. The highest BCUT2D eigenvalue weighted by Crippen LogP contribution is 2.33. The second-order valence-electron chi connectivity index (χ2n) is 7.34. The van der Waals surface area contributed by atoms with Gasteiger partial charge in [-0.3, -0.25) is 4.79 Å². The first-order valence-corrected chi connectivity index (χ1v) is 10.5. The fourth-order valence-corrected chi connectivity index (χ4v) is 3.90. The Labute approximate surface area is 189 Å². The van der Waals surface area contributed by atoms with Crippen LogP contribution in [0.25, 0.3) is 11.3 Å². The lowest BCUT2D eigenvalue weighted by atomic mass is 10.1. The summed E-state index contributed by atoms with van der Waals surface area (Å²) in [5, 5.41) is 3.86. The van der Waals surface area contributed by atoms with Crippen molar-refractivity contribution in [2.75, 3.05) is 37.7 Å². The van der Waals surface area contributed by atoms with Crippen molar-refractivity contribution < 1.29 is 23.2 Å². The maximum Gasteiger partial charge on any atom is 0.344 e. The molecule has 4 rings (SSSR count). The van der Waals surface area contributed by atoms with Gasteiger partial charge in [0.2, 0.25) is 0 Å². The molecule has 0 spiro atoms. The molecule has 166 valence electrons. The van der Waals surface area contributed by atoms with Gasteiger partial charge in [0.05, 0.1) is 10.6 Å². The maximum atomic E-state index is 14.3. The predicted octanol–water partition coefficient (Wildman–Crippen LogP) is 3.95. The number of anilines is 1. The number of hydrogen-bond acceptors (Lipinski definition) is 6. The summed E-state index contributed by atoms with van der Waals surface area (Å²) >= 11 is 6.10. The second-order valence-corrected chi connectivity index (χ2v) is 7.75. The number of carbonyl (C=O) groups is 2. The van der Waals surface area contributed by atoms with Gasteiger partial charge in [0.15, 0.2) is 6.61 Å². The molecule has 1 fully saturated rings. The summed E-state index contributed by atoms with van der Waals surface area (Å²) in [6.07, 6.45) is 0. The minimum atomic E-state index is -0.825. The predicted molar refractivity (Wildman–Crippen MR) is 117 cm³/mol. The van der Waals surface area contributed by atoms with Crippen LogP contribution in [0.3, 0.4) is 0 Å². The molecule has 32 heavy (non-hydrogen) atoms. The minimum absolute atomic E-state index is 0.0543. The Hall–Kier alpha value is -3.39. The van der Waals surface area contributed by atoms with Crippen molar-refractivity contribution in [3.63, 3.8) is 0 Å². The quantitative estimate of drug-likeness (QED) is 0.540. The number of halogens is 2. The molecule has 0 aliphatic carbocycles. The highest BCUT2D eigenvalue weighted by molar-refractivity contribution is 6.33. The molecule has 1 amide bonds. The Morgan fingerprint density at radius 2 is 1.81 bits per heavy atom. The van der Waals surface area contributed by atoms with Crippen LogP contribution < -0.4 is 4.90 Å². The normalized spacial score (nSPS) is 13.8. The minimum Gasteiger partial charge on any atom is -0.452 e. The number of amides is 1. The number of piperazine rings is 1. The lowest BCUT2D eigenvalue weighted by Gasteiger charge is -2.36. The number of aryl methyl sites for hydroxylation is 1. The topological polar surface area (TPSA) is 75.9 Å². The van der Waals surface area contributed by atoms with E-state index in [0.29, 0.717) is 26.2 Å². The average Bonchev–Trinajstić information content (AvgIpc) is 3.19. The fourth-order valence-electron chi connectivity index (χ4n) is 3.65. The van der Waals surface area contributed by atoms with Crippen LogP contribution in [-0.4, -0.2) is 54.7 Å². The van der Waals surface area contributed by atoms with Crippen LogP contribution in [0.15, 0.2) is 53.1 Å². The molecule has 0 atom stereocenters.